The lowest BCUT2D eigenvalue weighted by atomic mass is 10.0. The first-order valence-corrected chi connectivity index (χ1v) is 6.11. The Morgan fingerprint density at radius 1 is 1.42 bits per heavy atom. The van der Waals surface area contributed by atoms with Crippen LogP contribution >= 0.6 is 0 Å². The average molecular weight is 266 g/mol. The largest absolute Gasteiger partial charge is 0.481 e. The molecule has 1 aromatic heterocycles. The molecule has 0 fully saturated rings. The fraction of sp³-hybridized carbons (Fsp3) is 0.462. The summed E-state index contributed by atoms with van der Waals surface area (Å²) in [6.07, 6.45) is 1.65. The Hall–Kier alpha value is -2.11. The number of pyridine rings is 1. The molecule has 2 N–H and O–H groups in total. The standard InChI is InChI=1S/C13H18N2O4/c1-3-19-12-5-4-10(8-14-12)15-11(16)6-9(2)7-13(17)18/h4-5,8-9H,3,6-7H2,1-2H3,(H,15,16)(H,17,18). The molecule has 0 bridgehead atoms. The van der Waals surface area contributed by atoms with Crippen LogP contribution in [0, 0.1) is 5.92 Å². The van der Waals surface area contributed by atoms with Crippen LogP contribution in [0.2, 0.25) is 0 Å². The third kappa shape index (κ3) is 5.85. The fourth-order valence-electron chi connectivity index (χ4n) is 1.59. The number of hydrogen-bond donors (Lipinski definition) is 2. The number of nitrogens with one attached hydrogen (secondary N) is 1. The number of amides is 1. The molecule has 1 unspecified atom stereocenters. The summed E-state index contributed by atoms with van der Waals surface area (Å²) in [5.74, 6) is -0.823. The number of carboxylic acids is 1. The van der Waals surface area contributed by atoms with Gasteiger partial charge in [-0.3, -0.25) is 9.59 Å². The highest BCUT2D eigenvalue weighted by atomic mass is 16.5. The molecule has 0 aliphatic heterocycles. The zero-order valence-electron chi connectivity index (χ0n) is 11.0. The van der Waals surface area contributed by atoms with E-state index in [1.165, 1.54) is 6.20 Å². The number of aromatic nitrogens is 1. The first kappa shape index (κ1) is 14.9. The van der Waals surface area contributed by atoms with Gasteiger partial charge >= 0.3 is 5.97 Å². The van der Waals surface area contributed by atoms with E-state index in [4.69, 9.17) is 9.84 Å². The Balaban J connectivity index is 2.45. The highest BCUT2D eigenvalue weighted by Gasteiger charge is 2.12. The van der Waals surface area contributed by atoms with Gasteiger partial charge in [0.05, 0.1) is 18.5 Å². The number of nitrogens with zero attached hydrogens (tertiary/aromatic N) is 1. The van der Waals surface area contributed by atoms with E-state index in [2.05, 4.69) is 10.3 Å². The molecule has 19 heavy (non-hydrogen) atoms. The summed E-state index contributed by atoms with van der Waals surface area (Å²) in [6.45, 7) is 4.12. The highest BCUT2D eigenvalue weighted by Crippen LogP contribution is 2.13. The van der Waals surface area contributed by atoms with Gasteiger partial charge < -0.3 is 15.2 Å². The number of ether oxygens (including phenoxy) is 1. The molecule has 0 saturated carbocycles. The van der Waals surface area contributed by atoms with Crippen LogP contribution in [0.25, 0.3) is 0 Å². The monoisotopic (exact) mass is 266 g/mol. The second-order valence-electron chi connectivity index (χ2n) is 4.27. The van der Waals surface area contributed by atoms with Crippen molar-refractivity contribution in [3.05, 3.63) is 18.3 Å². The number of carbonyl (C=O) groups is 2. The maximum absolute atomic E-state index is 11.7. The molecule has 0 aromatic carbocycles. The SMILES string of the molecule is CCOc1ccc(NC(=O)CC(C)CC(=O)O)cn1. The molecule has 0 saturated heterocycles. The molecule has 1 atom stereocenters. The van der Waals surface area contributed by atoms with E-state index in [1.54, 1.807) is 19.1 Å². The van der Waals surface area contributed by atoms with E-state index >= 15 is 0 Å². The molecule has 0 aliphatic carbocycles. The molecular weight excluding hydrogens is 248 g/mol. The second-order valence-corrected chi connectivity index (χ2v) is 4.27. The minimum Gasteiger partial charge on any atom is -0.481 e. The van der Waals surface area contributed by atoms with Crippen LogP contribution in [-0.4, -0.2) is 28.6 Å². The van der Waals surface area contributed by atoms with Crippen LogP contribution in [-0.2, 0) is 9.59 Å². The Labute approximate surface area is 111 Å². The highest BCUT2D eigenvalue weighted by molar-refractivity contribution is 5.90. The van der Waals surface area contributed by atoms with Crippen LogP contribution in [0.3, 0.4) is 0 Å². The van der Waals surface area contributed by atoms with Crippen LogP contribution in [0.1, 0.15) is 26.7 Å². The van der Waals surface area contributed by atoms with Gasteiger partial charge in [0.15, 0.2) is 0 Å². The van der Waals surface area contributed by atoms with Gasteiger partial charge in [0, 0.05) is 18.9 Å². The van der Waals surface area contributed by atoms with Gasteiger partial charge in [-0.2, -0.15) is 0 Å². The van der Waals surface area contributed by atoms with Gasteiger partial charge in [-0.15, -0.1) is 0 Å². The fourth-order valence-corrected chi connectivity index (χ4v) is 1.59. The van der Waals surface area contributed by atoms with Crippen molar-refractivity contribution in [2.75, 3.05) is 11.9 Å². The van der Waals surface area contributed by atoms with Crippen molar-refractivity contribution >= 4 is 17.6 Å². The normalized spacial score (nSPS) is 11.7. The lowest BCUT2D eigenvalue weighted by Crippen LogP contribution is -2.17. The average Bonchev–Trinajstić information content (AvgIpc) is 2.30. The number of hydrogen-bond acceptors (Lipinski definition) is 4. The third-order valence-corrected chi connectivity index (χ3v) is 2.37. The quantitative estimate of drug-likeness (QED) is 0.787. The zero-order valence-corrected chi connectivity index (χ0v) is 11.0. The molecule has 6 nitrogen and oxygen atoms in total. The molecule has 1 amide bonds. The first-order chi connectivity index (χ1) is 9.01. The number of rotatable bonds is 7. The predicted octanol–water partition coefficient (Wildman–Crippen LogP) is 1.92. The zero-order chi connectivity index (χ0) is 14.3. The summed E-state index contributed by atoms with van der Waals surface area (Å²) in [4.78, 5) is 26.2. The number of carbonyl (C=O) groups excluding carboxylic acids is 1. The van der Waals surface area contributed by atoms with Gasteiger partial charge in [-0.25, -0.2) is 4.98 Å². The molecule has 1 aromatic rings. The van der Waals surface area contributed by atoms with Crippen molar-refractivity contribution in [1.29, 1.82) is 0 Å². The summed E-state index contributed by atoms with van der Waals surface area (Å²) >= 11 is 0. The van der Waals surface area contributed by atoms with E-state index in [0.29, 0.717) is 18.2 Å². The Morgan fingerprint density at radius 2 is 2.16 bits per heavy atom. The second kappa shape index (κ2) is 7.35. The van der Waals surface area contributed by atoms with Crippen molar-refractivity contribution < 1.29 is 19.4 Å². The van der Waals surface area contributed by atoms with E-state index in [9.17, 15) is 9.59 Å². The number of aliphatic carboxylic acids is 1. The molecule has 104 valence electrons. The maximum Gasteiger partial charge on any atom is 0.303 e. The molecule has 6 heteroatoms. The Bertz CT molecular complexity index is 431. The Morgan fingerprint density at radius 3 is 2.68 bits per heavy atom. The molecule has 0 spiro atoms. The van der Waals surface area contributed by atoms with Gasteiger partial charge in [-0.05, 0) is 18.9 Å². The number of anilines is 1. The molecule has 0 radical (unpaired) electrons. The molecule has 0 aliphatic rings. The van der Waals surface area contributed by atoms with E-state index in [1.807, 2.05) is 6.92 Å². The van der Waals surface area contributed by atoms with Crippen LogP contribution in [0.15, 0.2) is 18.3 Å². The summed E-state index contributed by atoms with van der Waals surface area (Å²) in [5, 5.41) is 11.3. The minimum atomic E-state index is -0.900. The van der Waals surface area contributed by atoms with Crippen molar-refractivity contribution in [2.24, 2.45) is 5.92 Å². The van der Waals surface area contributed by atoms with Gasteiger partial charge in [0.25, 0.3) is 0 Å². The first-order valence-electron chi connectivity index (χ1n) is 6.11. The Kier molecular flexibility index (Phi) is 5.78. The van der Waals surface area contributed by atoms with Crippen molar-refractivity contribution in [2.45, 2.75) is 26.7 Å². The number of carboxylic acid groups (broad SMARTS) is 1. The van der Waals surface area contributed by atoms with E-state index in [-0.39, 0.29) is 24.7 Å². The summed E-state index contributed by atoms with van der Waals surface area (Å²) in [7, 11) is 0. The smallest absolute Gasteiger partial charge is 0.303 e. The van der Waals surface area contributed by atoms with Gasteiger partial charge in [0.1, 0.15) is 0 Å². The van der Waals surface area contributed by atoms with E-state index in [0.717, 1.165) is 0 Å². The summed E-state index contributed by atoms with van der Waals surface area (Å²) in [6, 6.07) is 3.36. The summed E-state index contributed by atoms with van der Waals surface area (Å²) < 4.78 is 5.19. The van der Waals surface area contributed by atoms with Crippen molar-refractivity contribution in [1.82, 2.24) is 4.98 Å². The molecule has 1 heterocycles. The van der Waals surface area contributed by atoms with Crippen LogP contribution < -0.4 is 10.1 Å². The molecular formula is C13H18N2O4. The van der Waals surface area contributed by atoms with Crippen LogP contribution in [0.4, 0.5) is 5.69 Å². The predicted molar refractivity (Wildman–Crippen MR) is 70.1 cm³/mol. The topological polar surface area (TPSA) is 88.5 Å². The lowest BCUT2D eigenvalue weighted by Gasteiger charge is -2.09. The molecule has 1 rings (SSSR count). The van der Waals surface area contributed by atoms with Crippen molar-refractivity contribution in [3.8, 4) is 5.88 Å². The van der Waals surface area contributed by atoms with E-state index < -0.39 is 5.97 Å². The van der Waals surface area contributed by atoms with Gasteiger partial charge in [0.2, 0.25) is 11.8 Å². The van der Waals surface area contributed by atoms with Crippen LogP contribution in [0.5, 0.6) is 5.88 Å². The lowest BCUT2D eigenvalue weighted by molar-refractivity contribution is -0.138. The van der Waals surface area contributed by atoms with Crippen molar-refractivity contribution in [3.63, 3.8) is 0 Å². The summed E-state index contributed by atoms with van der Waals surface area (Å²) in [5.41, 5.74) is 0.566. The maximum atomic E-state index is 11.7. The third-order valence-electron chi connectivity index (χ3n) is 2.37. The van der Waals surface area contributed by atoms with Gasteiger partial charge in [-0.1, -0.05) is 6.92 Å². The minimum absolute atomic E-state index is 0.0189.